The van der Waals surface area contributed by atoms with Crippen LogP contribution < -0.4 is 5.56 Å². The van der Waals surface area contributed by atoms with Gasteiger partial charge in [0.2, 0.25) is 0 Å². The van der Waals surface area contributed by atoms with Crippen LogP contribution in [0.4, 0.5) is 0 Å². The summed E-state index contributed by atoms with van der Waals surface area (Å²) >= 11 is 0. The van der Waals surface area contributed by atoms with E-state index in [4.69, 9.17) is 0 Å². The van der Waals surface area contributed by atoms with Gasteiger partial charge in [0.15, 0.2) is 0 Å². The van der Waals surface area contributed by atoms with Gasteiger partial charge in [-0.2, -0.15) is 0 Å². The van der Waals surface area contributed by atoms with Crippen LogP contribution in [-0.4, -0.2) is 24.0 Å². The number of aryl methyl sites for hydroxylation is 1. The highest BCUT2D eigenvalue weighted by atomic mass is 16.1. The number of rotatable bonds is 2. The molecule has 0 amide bonds. The molecule has 0 spiro atoms. The van der Waals surface area contributed by atoms with Crippen LogP contribution in [0.5, 0.6) is 0 Å². The second-order valence-electron chi connectivity index (χ2n) is 3.26. The van der Waals surface area contributed by atoms with Gasteiger partial charge in [0.25, 0.3) is 5.56 Å². The van der Waals surface area contributed by atoms with Crippen molar-refractivity contribution in [3.8, 4) is 0 Å². The average molecular weight is 166 g/mol. The first-order valence-electron chi connectivity index (χ1n) is 3.92. The van der Waals surface area contributed by atoms with Crippen molar-refractivity contribution in [2.75, 3.05) is 14.1 Å². The zero-order valence-corrected chi connectivity index (χ0v) is 7.72. The molecule has 0 aliphatic rings. The molecule has 1 aromatic rings. The zero-order valence-electron chi connectivity index (χ0n) is 7.72. The molecule has 1 heterocycles. The quantitative estimate of drug-likeness (QED) is 0.703. The smallest absolute Gasteiger partial charge is 0.250 e. The molecule has 0 atom stereocenters. The molecule has 0 radical (unpaired) electrons. The summed E-state index contributed by atoms with van der Waals surface area (Å²) in [6.45, 7) is 2.68. The van der Waals surface area contributed by atoms with Gasteiger partial charge in [-0.1, -0.05) is 0 Å². The molecule has 1 aromatic heterocycles. The lowest BCUT2D eigenvalue weighted by molar-refractivity contribution is 0.401. The molecule has 0 saturated heterocycles. The molecule has 0 fully saturated rings. The van der Waals surface area contributed by atoms with Crippen molar-refractivity contribution in [1.29, 1.82) is 0 Å². The van der Waals surface area contributed by atoms with Crippen LogP contribution in [0.15, 0.2) is 17.1 Å². The van der Waals surface area contributed by atoms with Gasteiger partial charge in [-0.25, -0.2) is 0 Å². The summed E-state index contributed by atoms with van der Waals surface area (Å²) in [6.07, 6.45) is 1.76. The van der Waals surface area contributed by atoms with Gasteiger partial charge in [-0.3, -0.25) is 4.79 Å². The van der Waals surface area contributed by atoms with Crippen molar-refractivity contribution in [1.82, 2.24) is 9.88 Å². The highest BCUT2D eigenvalue weighted by Gasteiger charge is 1.97. The van der Waals surface area contributed by atoms with Crippen molar-refractivity contribution in [2.45, 2.75) is 13.5 Å². The van der Waals surface area contributed by atoms with Gasteiger partial charge in [0.05, 0.1) is 0 Å². The molecule has 3 nitrogen and oxygen atoms in total. The zero-order chi connectivity index (χ0) is 9.14. The minimum Gasteiger partial charge on any atom is -0.329 e. The van der Waals surface area contributed by atoms with Crippen LogP contribution in [0, 0.1) is 6.92 Å². The maximum Gasteiger partial charge on any atom is 0.250 e. The number of aromatic nitrogens is 1. The first kappa shape index (κ1) is 9.00. The van der Waals surface area contributed by atoms with E-state index in [1.165, 1.54) is 0 Å². The van der Waals surface area contributed by atoms with Gasteiger partial charge >= 0.3 is 0 Å². The fourth-order valence-corrected chi connectivity index (χ4v) is 1.11. The van der Waals surface area contributed by atoms with Gasteiger partial charge in [0, 0.05) is 18.3 Å². The molecule has 0 bridgehead atoms. The van der Waals surface area contributed by atoms with Crippen molar-refractivity contribution in [3.05, 3.63) is 33.7 Å². The molecule has 12 heavy (non-hydrogen) atoms. The molecule has 0 aromatic carbocycles. The second-order valence-corrected chi connectivity index (χ2v) is 3.26. The lowest BCUT2D eigenvalue weighted by Gasteiger charge is -2.08. The molecule has 1 rings (SSSR count). The Bertz CT molecular complexity index is 315. The monoisotopic (exact) mass is 166 g/mol. The summed E-state index contributed by atoms with van der Waals surface area (Å²) in [6, 6.07) is 1.92. The predicted octanol–water partition coefficient (Wildman–Crippen LogP) is 0.745. The minimum atomic E-state index is -0.00231. The Balaban J connectivity index is 2.90. The van der Waals surface area contributed by atoms with E-state index in [9.17, 15) is 4.79 Å². The third kappa shape index (κ3) is 2.20. The molecule has 0 aliphatic carbocycles. The van der Waals surface area contributed by atoms with E-state index in [0.29, 0.717) is 0 Å². The van der Waals surface area contributed by atoms with Crippen molar-refractivity contribution < 1.29 is 0 Å². The Morgan fingerprint density at radius 2 is 2.17 bits per heavy atom. The summed E-state index contributed by atoms with van der Waals surface area (Å²) < 4.78 is 0. The van der Waals surface area contributed by atoms with E-state index in [0.717, 1.165) is 17.7 Å². The summed E-state index contributed by atoms with van der Waals surface area (Å²) in [5, 5.41) is 0. The molecule has 0 saturated carbocycles. The van der Waals surface area contributed by atoms with Crippen molar-refractivity contribution in [3.63, 3.8) is 0 Å². The Morgan fingerprint density at radius 3 is 2.67 bits per heavy atom. The third-order valence-electron chi connectivity index (χ3n) is 1.65. The molecule has 66 valence electrons. The topological polar surface area (TPSA) is 36.1 Å². The second kappa shape index (κ2) is 3.54. The summed E-state index contributed by atoms with van der Waals surface area (Å²) in [7, 11) is 4.00. The van der Waals surface area contributed by atoms with Gasteiger partial charge in [-0.05, 0) is 32.6 Å². The molecule has 1 N–H and O–H groups in total. The van der Waals surface area contributed by atoms with Crippen LogP contribution in [0.3, 0.4) is 0 Å². The van der Waals surface area contributed by atoms with Crippen LogP contribution in [-0.2, 0) is 6.54 Å². The summed E-state index contributed by atoms with van der Waals surface area (Å²) in [4.78, 5) is 15.7. The van der Waals surface area contributed by atoms with E-state index < -0.39 is 0 Å². The van der Waals surface area contributed by atoms with E-state index in [1.807, 2.05) is 27.1 Å². The van der Waals surface area contributed by atoms with E-state index >= 15 is 0 Å². The van der Waals surface area contributed by atoms with E-state index in [2.05, 4.69) is 9.88 Å². The number of aromatic amines is 1. The van der Waals surface area contributed by atoms with E-state index in [1.54, 1.807) is 6.20 Å². The van der Waals surface area contributed by atoms with Crippen LogP contribution in [0.2, 0.25) is 0 Å². The highest BCUT2D eigenvalue weighted by Crippen LogP contribution is 1.99. The molecule has 0 aliphatic heterocycles. The largest absolute Gasteiger partial charge is 0.329 e. The number of nitrogens with zero attached hydrogens (tertiary/aromatic N) is 1. The number of H-pyrrole nitrogens is 1. The molecular weight excluding hydrogens is 152 g/mol. The summed E-state index contributed by atoms with van der Waals surface area (Å²) in [5.74, 6) is 0. The normalized spacial score (nSPS) is 10.7. The third-order valence-corrected chi connectivity index (χ3v) is 1.65. The minimum absolute atomic E-state index is 0.00231. The van der Waals surface area contributed by atoms with Crippen LogP contribution in [0.25, 0.3) is 0 Å². The van der Waals surface area contributed by atoms with Gasteiger partial charge in [-0.15, -0.1) is 0 Å². The SMILES string of the molecule is Cc1cc(CN(C)C)c[nH]c1=O. The van der Waals surface area contributed by atoms with Crippen molar-refractivity contribution in [2.24, 2.45) is 0 Å². The lowest BCUT2D eigenvalue weighted by atomic mass is 10.2. The van der Waals surface area contributed by atoms with Crippen LogP contribution >= 0.6 is 0 Å². The molecular formula is C9H14N2O. The number of hydrogen-bond donors (Lipinski definition) is 1. The molecule has 0 unspecified atom stereocenters. The fraction of sp³-hybridized carbons (Fsp3) is 0.444. The van der Waals surface area contributed by atoms with Crippen LogP contribution in [0.1, 0.15) is 11.1 Å². The fourth-order valence-electron chi connectivity index (χ4n) is 1.11. The lowest BCUT2D eigenvalue weighted by Crippen LogP contribution is -2.14. The number of nitrogens with one attached hydrogen (secondary N) is 1. The van der Waals surface area contributed by atoms with Gasteiger partial charge in [0.1, 0.15) is 0 Å². The Labute approximate surface area is 72.0 Å². The Kier molecular flexibility index (Phi) is 2.65. The highest BCUT2D eigenvalue weighted by molar-refractivity contribution is 5.16. The first-order chi connectivity index (χ1) is 5.59. The van der Waals surface area contributed by atoms with E-state index in [-0.39, 0.29) is 5.56 Å². The standard InChI is InChI=1S/C9H14N2O/c1-7-4-8(6-11(2)3)5-10-9(7)12/h4-5H,6H2,1-3H3,(H,10,12). The average Bonchev–Trinajstić information content (AvgIpc) is 1.96. The number of pyridine rings is 1. The van der Waals surface area contributed by atoms with Gasteiger partial charge < -0.3 is 9.88 Å². The Hall–Kier alpha value is -1.09. The number of hydrogen-bond acceptors (Lipinski definition) is 2. The first-order valence-corrected chi connectivity index (χ1v) is 3.92. The predicted molar refractivity (Wildman–Crippen MR) is 49.2 cm³/mol. The maximum absolute atomic E-state index is 11.0. The maximum atomic E-state index is 11.0. The Morgan fingerprint density at radius 1 is 1.50 bits per heavy atom. The summed E-state index contributed by atoms with van der Waals surface area (Å²) in [5.41, 5.74) is 1.91. The molecule has 3 heteroatoms. The van der Waals surface area contributed by atoms with Crippen molar-refractivity contribution >= 4 is 0 Å².